The molecule has 2 aliphatic rings. The van der Waals surface area contributed by atoms with Crippen LogP contribution < -0.4 is 15.5 Å². The summed E-state index contributed by atoms with van der Waals surface area (Å²) >= 11 is 0. The Bertz CT molecular complexity index is 1250. The highest BCUT2D eigenvalue weighted by atomic mass is 16.3. The molecule has 1 aliphatic heterocycles. The highest BCUT2D eigenvalue weighted by molar-refractivity contribution is 6.01. The van der Waals surface area contributed by atoms with Crippen LogP contribution >= 0.6 is 0 Å². The van der Waals surface area contributed by atoms with Crippen LogP contribution in [0.25, 0.3) is 0 Å². The van der Waals surface area contributed by atoms with Gasteiger partial charge in [-0.05, 0) is 55.2 Å². The predicted molar refractivity (Wildman–Crippen MR) is 129 cm³/mol. The number of fused-ring (bicyclic) bond motifs is 1. The van der Waals surface area contributed by atoms with Crippen LogP contribution in [0.1, 0.15) is 50.0 Å². The number of hydrogen-bond acceptors (Lipinski definition) is 6. The Morgan fingerprint density at radius 1 is 1.15 bits per heavy atom. The molecule has 176 valence electrons. The second-order valence-corrected chi connectivity index (χ2v) is 9.81. The summed E-state index contributed by atoms with van der Waals surface area (Å²) in [6.45, 7) is 6.45. The van der Waals surface area contributed by atoms with E-state index in [1.165, 1.54) is 0 Å². The number of amides is 1. The average molecular weight is 460 g/mol. The average Bonchev–Trinajstić information content (AvgIpc) is 3.42. The fourth-order valence-electron chi connectivity index (χ4n) is 4.93. The lowest BCUT2D eigenvalue weighted by Crippen LogP contribution is -2.41. The zero-order chi connectivity index (χ0) is 23.9. The molecule has 1 amide bonds. The van der Waals surface area contributed by atoms with Crippen molar-refractivity contribution in [2.24, 2.45) is 5.41 Å². The number of aryl methyl sites for hydroxylation is 1. The summed E-state index contributed by atoms with van der Waals surface area (Å²) in [7, 11) is 0. The third kappa shape index (κ3) is 4.25. The highest BCUT2D eigenvalue weighted by Crippen LogP contribution is 2.48. The summed E-state index contributed by atoms with van der Waals surface area (Å²) in [4.78, 5) is 28.6. The van der Waals surface area contributed by atoms with Gasteiger partial charge in [-0.1, -0.05) is 26.0 Å². The Balaban J connectivity index is 1.58. The van der Waals surface area contributed by atoms with E-state index in [0.717, 1.165) is 29.3 Å². The molecule has 0 saturated heterocycles. The second-order valence-electron chi connectivity index (χ2n) is 9.81. The van der Waals surface area contributed by atoms with Gasteiger partial charge in [-0.15, -0.1) is 0 Å². The van der Waals surface area contributed by atoms with Gasteiger partial charge in [0.1, 0.15) is 23.3 Å². The molecule has 1 aliphatic carbocycles. The van der Waals surface area contributed by atoms with Gasteiger partial charge in [-0.2, -0.15) is 0 Å². The van der Waals surface area contributed by atoms with Gasteiger partial charge in [0.15, 0.2) is 5.78 Å². The van der Waals surface area contributed by atoms with Gasteiger partial charge in [-0.3, -0.25) is 9.59 Å². The number of anilines is 2. The first kappa shape index (κ1) is 22.1. The minimum absolute atomic E-state index is 0.0528. The molecular weight excluding hydrogens is 430 g/mol. The summed E-state index contributed by atoms with van der Waals surface area (Å²) in [5, 5.41) is 6.47. The Morgan fingerprint density at radius 2 is 1.97 bits per heavy atom. The van der Waals surface area contributed by atoms with E-state index in [-0.39, 0.29) is 23.7 Å². The van der Waals surface area contributed by atoms with E-state index in [4.69, 9.17) is 8.83 Å². The molecule has 2 aromatic heterocycles. The number of Topliss-reactive ketones (excluding diaryl/α,β-unsaturated/α-hetero) is 1. The molecule has 0 spiro atoms. The van der Waals surface area contributed by atoms with Crippen molar-refractivity contribution >= 4 is 23.1 Å². The standard InChI is InChI=1S/C27H29N3O4/c1-17-10-11-23(34-17)26-25-20(13-27(2,3)14-22(25)31)29-19-8-4-5-9-21(19)30(26)16-24(32)28-15-18-7-6-12-33-18/h4-12,26,29H,13-16H2,1-3H3,(H,28,32). The van der Waals surface area contributed by atoms with Crippen LogP contribution in [0.2, 0.25) is 0 Å². The zero-order valence-electron chi connectivity index (χ0n) is 19.7. The minimum atomic E-state index is -0.516. The lowest BCUT2D eigenvalue weighted by Gasteiger charge is -2.36. The van der Waals surface area contributed by atoms with E-state index in [2.05, 4.69) is 24.5 Å². The number of rotatable bonds is 5. The fourth-order valence-corrected chi connectivity index (χ4v) is 4.93. The van der Waals surface area contributed by atoms with Gasteiger partial charge < -0.3 is 24.4 Å². The number of ketones is 1. The number of carbonyl (C=O) groups is 2. The summed E-state index contributed by atoms with van der Waals surface area (Å²) in [6.07, 6.45) is 2.76. The number of hydrogen-bond donors (Lipinski definition) is 2. The quantitative estimate of drug-likeness (QED) is 0.551. The van der Waals surface area contributed by atoms with Gasteiger partial charge in [0.05, 0.1) is 30.7 Å². The third-order valence-electron chi connectivity index (χ3n) is 6.39. The lowest BCUT2D eigenvalue weighted by atomic mass is 9.74. The van der Waals surface area contributed by atoms with Crippen LogP contribution in [-0.2, 0) is 16.1 Å². The minimum Gasteiger partial charge on any atom is -0.467 e. The summed E-state index contributed by atoms with van der Waals surface area (Å²) in [6, 6.07) is 14.7. The van der Waals surface area contributed by atoms with E-state index in [9.17, 15) is 9.59 Å². The molecule has 7 nitrogen and oxygen atoms in total. The van der Waals surface area contributed by atoms with Gasteiger partial charge in [0.2, 0.25) is 5.91 Å². The van der Waals surface area contributed by atoms with E-state index in [1.807, 2.05) is 54.3 Å². The molecule has 2 N–H and O–H groups in total. The Hall–Kier alpha value is -3.74. The summed E-state index contributed by atoms with van der Waals surface area (Å²) in [5.41, 5.74) is 3.12. The Morgan fingerprint density at radius 3 is 2.71 bits per heavy atom. The second kappa shape index (κ2) is 8.56. The van der Waals surface area contributed by atoms with Crippen molar-refractivity contribution in [2.75, 3.05) is 16.8 Å². The fraction of sp³-hybridized carbons (Fsp3) is 0.333. The molecule has 7 heteroatoms. The number of nitrogens with one attached hydrogen (secondary N) is 2. The molecule has 0 saturated carbocycles. The first-order chi connectivity index (χ1) is 16.3. The molecule has 1 aromatic carbocycles. The monoisotopic (exact) mass is 459 g/mol. The van der Waals surface area contributed by atoms with Crippen LogP contribution in [0.5, 0.6) is 0 Å². The van der Waals surface area contributed by atoms with Crippen molar-refractivity contribution in [1.82, 2.24) is 5.32 Å². The Labute approximate surface area is 198 Å². The SMILES string of the molecule is Cc1ccc(C2C3=C(CC(C)(C)CC3=O)Nc3ccccc3N2CC(=O)NCc2ccco2)o1. The first-order valence-electron chi connectivity index (χ1n) is 11.5. The summed E-state index contributed by atoms with van der Waals surface area (Å²) in [5.74, 6) is 1.99. The van der Waals surface area contributed by atoms with Crippen molar-refractivity contribution in [2.45, 2.75) is 46.2 Å². The first-order valence-corrected chi connectivity index (χ1v) is 11.5. The maximum absolute atomic E-state index is 13.6. The van der Waals surface area contributed by atoms with E-state index < -0.39 is 6.04 Å². The van der Waals surface area contributed by atoms with Gasteiger partial charge >= 0.3 is 0 Å². The Kier molecular flexibility index (Phi) is 5.55. The third-order valence-corrected chi connectivity index (χ3v) is 6.39. The predicted octanol–water partition coefficient (Wildman–Crippen LogP) is 5.11. The maximum Gasteiger partial charge on any atom is 0.239 e. The zero-order valence-corrected chi connectivity index (χ0v) is 19.7. The number of benzene rings is 1. The number of allylic oxidation sites excluding steroid dienone is 1. The van der Waals surface area contributed by atoms with Crippen molar-refractivity contribution in [3.05, 3.63) is 83.3 Å². The number of carbonyl (C=O) groups excluding carboxylic acids is 2. The molecule has 3 aromatic rings. The van der Waals surface area contributed by atoms with Crippen LogP contribution in [0, 0.1) is 12.3 Å². The highest BCUT2D eigenvalue weighted by Gasteiger charge is 2.43. The molecule has 0 fully saturated rings. The van der Waals surface area contributed by atoms with Crippen LogP contribution in [-0.4, -0.2) is 18.2 Å². The normalized spacial score (nSPS) is 19.2. The molecule has 34 heavy (non-hydrogen) atoms. The van der Waals surface area contributed by atoms with Crippen molar-refractivity contribution < 1.29 is 18.4 Å². The largest absolute Gasteiger partial charge is 0.467 e. The lowest BCUT2D eigenvalue weighted by molar-refractivity contribution is -0.121. The number of nitrogens with zero attached hydrogens (tertiary/aromatic N) is 1. The van der Waals surface area contributed by atoms with Crippen molar-refractivity contribution in [3.8, 4) is 0 Å². The van der Waals surface area contributed by atoms with Gasteiger partial charge in [0, 0.05) is 17.7 Å². The van der Waals surface area contributed by atoms with Crippen LogP contribution in [0.4, 0.5) is 11.4 Å². The van der Waals surface area contributed by atoms with Crippen molar-refractivity contribution in [1.29, 1.82) is 0 Å². The molecular formula is C27H29N3O4. The summed E-state index contributed by atoms with van der Waals surface area (Å²) < 4.78 is 11.4. The molecule has 0 bridgehead atoms. The molecule has 1 unspecified atom stereocenters. The number of para-hydroxylation sites is 2. The van der Waals surface area contributed by atoms with E-state index in [0.29, 0.717) is 30.1 Å². The van der Waals surface area contributed by atoms with Gasteiger partial charge in [0.25, 0.3) is 0 Å². The van der Waals surface area contributed by atoms with Crippen LogP contribution in [0.3, 0.4) is 0 Å². The molecule has 5 rings (SSSR count). The molecule has 1 atom stereocenters. The van der Waals surface area contributed by atoms with E-state index >= 15 is 0 Å². The molecule has 0 radical (unpaired) electrons. The van der Waals surface area contributed by atoms with Crippen LogP contribution in [0.15, 0.2) is 74.9 Å². The number of furan rings is 2. The van der Waals surface area contributed by atoms with Gasteiger partial charge in [-0.25, -0.2) is 0 Å². The topological polar surface area (TPSA) is 87.7 Å². The maximum atomic E-state index is 13.6. The smallest absolute Gasteiger partial charge is 0.239 e. The van der Waals surface area contributed by atoms with E-state index in [1.54, 1.807) is 12.3 Å². The molecule has 3 heterocycles. The van der Waals surface area contributed by atoms with Crippen molar-refractivity contribution in [3.63, 3.8) is 0 Å².